The number of esters is 1. The van der Waals surface area contributed by atoms with Gasteiger partial charge in [-0.25, -0.2) is 9.18 Å². The predicted octanol–water partition coefficient (Wildman–Crippen LogP) is 4.37. The monoisotopic (exact) mass is 465 g/mol. The number of hydrogen-bond acceptors (Lipinski definition) is 6. The Morgan fingerprint density at radius 3 is 2.71 bits per heavy atom. The lowest BCUT2D eigenvalue weighted by atomic mass is 9.94. The van der Waals surface area contributed by atoms with Crippen LogP contribution in [0.4, 0.5) is 15.8 Å². The predicted molar refractivity (Wildman–Crippen MR) is 116 cm³/mol. The van der Waals surface area contributed by atoms with Crippen molar-refractivity contribution in [2.45, 2.75) is 19.9 Å². The zero-order chi connectivity index (χ0) is 22.9. The largest absolute Gasteiger partial charge is 0.502 e. The minimum absolute atomic E-state index is 0.102. The summed E-state index contributed by atoms with van der Waals surface area (Å²) in [6.07, 6.45) is 0. The highest BCUT2D eigenvalue weighted by Crippen LogP contribution is 2.37. The number of ether oxygens (including phenoxy) is 1. The van der Waals surface area contributed by atoms with Crippen LogP contribution < -0.4 is 10.2 Å². The lowest BCUT2D eigenvalue weighted by Gasteiger charge is -2.37. The van der Waals surface area contributed by atoms with Gasteiger partial charge >= 0.3 is 11.7 Å². The molecule has 3 rings (SSSR count). The van der Waals surface area contributed by atoms with E-state index in [0.717, 1.165) is 6.07 Å². The van der Waals surface area contributed by atoms with E-state index in [9.17, 15) is 24.4 Å². The lowest BCUT2D eigenvalue weighted by molar-refractivity contribution is -0.385. The second-order valence-electron chi connectivity index (χ2n) is 6.54. The number of rotatable bonds is 5. The maximum absolute atomic E-state index is 13.6. The average Bonchev–Trinajstić information content (AvgIpc) is 2.70. The van der Waals surface area contributed by atoms with Gasteiger partial charge in [0.1, 0.15) is 5.82 Å². The number of carbonyl (C=O) groups is 1. The Kier molecular flexibility index (Phi) is 6.42. The lowest BCUT2D eigenvalue weighted by Crippen LogP contribution is -2.48. The van der Waals surface area contributed by atoms with Crippen molar-refractivity contribution in [3.05, 3.63) is 74.2 Å². The van der Waals surface area contributed by atoms with Gasteiger partial charge in [-0.05, 0) is 55.9 Å². The van der Waals surface area contributed by atoms with Crippen LogP contribution in [0.2, 0.25) is 5.02 Å². The van der Waals surface area contributed by atoms with Gasteiger partial charge in [-0.2, -0.15) is 0 Å². The number of aromatic hydroxyl groups is 1. The summed E-state index contributed by atoms with van der Waals surface area (Å²) in [4.78, 5) is 24.8. The number of nitro benzene ring substituents is 1. The quantitative estimate of drug-likeness (QED) is 0.290. The van der Waals surface area contributed by atoms with Gasteiger partial charge in [-0.1, -0.05) is 17.7 Å². The van der Waals surface area contributed by atoms with E-state index in [1.807, 2.05) is 0 Å². The van der Waals surface area contributed by atoms with Crippen molar-refractivity contribution in [1.29, 1.82) is 0 Å². The molecule has 8 nitrogen and oxygen atoms in total. The minimum atomic E-state index is -0.877. The number of allylic oxidation sites excluding steroid dienone is 1. The molecule has 1 aliphatic rings. The highest BCUT2D eigenvalue weighted by molar-refractivity contribution is 7.80. The van der Waals surface area contributed by atoms with Gasteiger partial charge < -0.3 is 15.2 Å². The fourth-order valence-electron chi connectivity index (χ4n) is 3.27. The van der Waals surface area contributed by atoms with Gasteiger partial charge in [0.25, 0.3) is 0 Å². The van der Waals surface area contributed by atoms with Crippen LogP contribution in [0, 0.1) is 15.9 Å². The summed E-state index contributed by atoms with van der Waals surface area (Å²) in [6, 6.07) is 6.88. The highest BCUT2D eigenvalue weighted by atomic mass is 35.5. The number of hydrogen-bond donors (Lipinski definition) is 2. The Labute approximate surface area is 187 Å². The van der Waals surface area contributed by atoms with E-state index in [1.165, 1.54) is 35.2 Å². The molecule has 1 unspecified atom stereocenters. The van der Waals surface area contributed by atoms with Crippen molar-refractivity contribution >= 4 is 46.3 Å². The van der Waals surface area contributed by atoms with Crippen LogP contribution in [0.1, 0.15) is 25.5 Å². The van der Waals surface area contributed by atoms with Gasteiger partial charge in [-0.3, -0.25) is 15.0 Å². The molecule has 0 aromatic heterocycles. The van der Waals surface area contributed by atoms with Crippen molar-refractivity contribution in [2.24, 2.45) is 0 Å². The van der Waals surface area contributed by atoms with Crippen molar-refractivity contribution in [1.82, 2.24) is 5.32 Å². The number of nitrogens with zero attached hydrogens (tertiary/aromatic N) is 2. The van der Waals surface area contributed by atoms with E-state index in [0.29, 0.717) is 16.9 Å². The Bertz CT molecular complexity index is 1120. The standard InChI is InChI=1S/C20H17ClFN3O5S/c1-3-30-19(27)17-10(2)24(12-5-6-14(22)13(21)9-12)20(31)23-18(17)11-4-7-16(26)15(8-11)25(28)29/h4-9,18,26H,3H2,1-2H3,(H,23,31). The first kappa shape index (κ1) is 22.4. The maximum atomic E-state index is 13.6. The summed E-state index contributed by atoms with van der Waals surface area (Å²) in [5, 5.41) is 24.0. The van der Waals surface area contributed by atoms with Crippen LogP contribution >= 0.6 is 23.8 Å². The molecule has 0 spiro atoms. The zero-order valence-electron chi connectivity index (χ0n) is 16.4. The zero-order valence-corrected chi connectivity index (χ0v) is 18.0. The van der Waals surface area contributed by atoms with Gasteiger partial charge in [0.05, 0.1) is 28.2 Å². The maximum Gasteiger partial charge on any atom is 0.338 e. The number of benzene rings is 2. The molecule has 2 aromatic carbocycles. The Morgan fingerprint density at radius 1 is 1.39 bits per heavy atom. The number of phenolic OH excluding ortho intramolecular Hbond substituents is 1. The highest BCUT2D eigenvalue weighted by Gasteiger charge is 2.36. The molecule has 11 heteroatoms. The first-order valence-electron chi connectivity index (χ1n) is 9.06. The van der Waals surface area contributed by atoms with Crippen LogP contribution in [0.25, 0.3) is 0 Å². The second-order valence-corrected chi connectivity index (χ2v) is 7.34. The second kappa shape index (κ2) is 8.86. The van der Waals surface area contributed by atoms with Crippen LogP contribution in [0.3, 0.4) is 0 Å². The first-order valence-corrected chi connectivity index (χ1v) is 9.85. The SMILES string of the molecule is CCOC(=O)C1=C(C)N(c2ccc(F)c(Cl)c2)C(=S)NC1c1ccc(O)c([N+](=O)[O-])c1. The van der Waals surface area contributed by atoms with Crippen molar-refractivity contribution < 1.29 is 24.0 Å². The molecule has 0 fully saturated rings. The summed E-state index contributed by atoms with van der Waals surface area (Å²) in [5.74, 6) is -1.77. The normalized spacial score (nSPS) is 16.2. The Hall–Kier alpha value is -3.24. The molecule has 0 amide bonds. The van der Waals surface area contributed by atoms with E-state index >= 15 is 0 Å². The van der Waals surface area contributed by atoms with E-state index in [1.54, 1.807) is 13.8 Å². The molecule has 31 heavy (non-hydrogen) atoms. The number of carbonyl (C=O) groups excluding carboxylic acids is 1. The molecular formula is C20H17ClFN3O5S. The molecular weight excluding hydrogens is 449 g/mol. The van der Waals surface area contributed by atoms with Crippen LogP contribution in [0.15, 0.2) is 47.7 Å². The molecule has 2 N–H and O–H groups in total. The fourth-order valence-corrected chi connectivity index (χ4v) is 3.80. The van der Waals surface area contributed by atoms with E-state index in [4.69, 9.17) is 28.6 Å². The molecule has 2 aromatic rings. The number of nitro groups is 1. The third kappa shape index (κ3) is 4.30. The summed E-state index contributed by atoms with van der Waals surface area (Å²) >= 11 is 11.4. The van der Waals surface area contributed by atoms with Crippen LogP contribution in [-0.4, -0.2) is 27.7 Å². The molecule has 0 bridgehead atoms. The first-order chi connectivity index (χ1) is 14.6. The van der Waals surface area contributed by atoms with E-state index in [-0.39, 0.29) is 22.3 Å². The molecule has 1 atom stereocenters. The molecule has 1 aliphatic heterocycles. The third-order valence-corrected chi connectivity index (χ3v) is 5.26. The van der Waals surface area contributed by atoms with Gasteiger partial charge in [-0.15, -0.1) is 0 Å². The summed E-state index contributed by atoms with van der Waals surface area (Å²) in [5.41, 5.74) is 0.754. The molecule has 0 radical (unpaired) electrons. The average molecular weight is 466 g/mol. The number of thiocarbonyl (C=S) groups is 1. The van der Waals surface area contributed by atoms with Crippen molar-refractivity contribution in [3.8, 4) is 5.75 Å². The van der Waals surface area contributed by atoms with Gasteiger partial charge in [0.15, 0.2) is 10.9 Å². The van der Waals surface area contributed by atoms with Crippen LogP contribution in [-0.2, 0) is 9.53 Å². The Morgan fingerprint density at radius 2 is 2.10 bits per heavy atom. The molecule has 0 saturated heterocycles. The van der Waals surface area contributed by atoms with Gasteiger partial charge in [0, 0.05) is 17.5 Å². The van der Waals surface area contributed by atoms with Crippen molar-refractivity contribution in [3.63, 3.8) is 0 Å². The number of phenols is 1. The molecule has 0 aliphatic carbocycles. The summed E-state index contributed by atoms with van der Waals surface area (Å²) in [7, 11) is 0. The van der Waals surface area contributed by atoms with Crippen LogP contribution in [0.5, 0.6) is 5.75 Å². The number of nitrogens with one attached hydrogen (secondary N) is 1. The number of anilines is 1. The topological polar surface area (TPSA) is 105 Å². The van der Waals surface area contributed by atoms with Gasteiger partial charge in [0.2, 0.25) is 0 Å². The summed E-state index contributed by atoms with van der Waals surface area (Å²) in [6.45, 7) is 3.37. The van der Waals surface area contributed by atoms with Crippen molar-refractivity contribution in [2.75, 3.05) is 11.5 Å². The smallest absolute Gasteiger partial charge is 0.338 e. The Balaban J connectivity index is 2.17. The van der Waals surface area contributed by atoms with E-state index < -0.39 is 34.2 Å². The number of halogens is 2. The minimum Gasteiger partial charge on any atom is -0.502 e. The fraction of sp³-hybridized carbons (Fsp3) is 0.200. The molecule has 162 valence electrons. The summed E-state index contributed by atoms with van der Waals surface area (Å²) < 4.78 is 18.8. The third-order valence-electron chi connectivity index (χ3n) is 4.67. The van der Waals surface area contributed by atoms with E-state index in [2.05, 4.69) is 5.32 Å². The molecule has 0 saturated carbocycles. The molecule has 1 heterocycles.